The van der Waals surface area contributed by atoms with Crippen molar-refractivity contribution in [2.75, 3.05) is 18.9 Å². The van der Waals surface area contributed by atoms with Gasteiger partial charge in [-0.25, -0.2) is 13.1 Å². The van der Waals surface area contributed by atoms with Gasteiger partial charge in [-0.2, -0.15) is 0 Å². The van der Waals surface area contributed by atoms with Gasteiger partial charge in [0.15, 0.2) is 0 Å². The summed E-state index contributed by atoms with van der Waals surface area (Å²) < 4.78 is 32.7. The molecule has 2 atom stereocenters. The number of aliphatic imine (C=N–C) groups is 1. The Hall–Kier alpha value is -2.26. The number of nitrogens with two attached hydrogens (primary N) is 1. The van der Waals surface area contributed by atoms with Crippen molar-refractivity contribution in [3.05, 3.63) is 24.3 Å². The lowest BCUT2D eigenvalue weighted by Crippen LogP contribution is -2.46. The summed E-state index contributed by atoms with van der Waals surface area (Å²) in [5.74, 6) is -0.930. The molecule has 0 aromatic heterocycles. The van der Waals surface area contributed by atoms with Crippen LogP contribution in [-0.4, -0.2) is 45.5 Å². The van der Waals surface area contributed by atoms with Gasteiger partial charge in [0.2, 0.25) is 10.0 Å². The fraction of sp³-hybridized carbons (Fsp3) is 0.471. The number of ether oxygens (including phenoxy) is 1. The molecule has 1 aliphatic carbocycles. The van der Waals surface area contributed by atoms with Crippen molar-refractivity contribution in [2.24, 2.45) is 10.9 Å². The SMILES string of the molecule is CCOC(=O)CN=C1CCCC(NS(=O)(=O)c2cccc(N)c2)C1C=N. The Labute approximate surface area is 153 Å². The Morgan fingerprint density at radius 3 is 2.92 bits per heavy atom. The third-order valence-electron chi connectivity index (χ3n) is 4.14. The van der Waals surface area contributed by atoms with Crippen molar-refractivity contribution in [1.29, 1.82) is 5.41 Å². The molecule has 1 aliphatic rings. The quantitative estimate of drug-likeness (QED) is 0.373. The lowest BCUT2D eigenvalue weighted by molar-refractivity contribution is -0.141. The Morgan fingerprint density at radius 1 is 1.50 bits per heavy atom. The first-order valence-corrected chi connectivity index (χ1v) is 9.93. The highest BCUT2D eigenvalue weighted by Crippen LogP contribution is 2.24. The fourth-order valence-electron chi connectivity index (χ4n) is 2.93. The highest BCUT2D eigenvalue weighted by Gasteiger charge is 2.32. The van der Waals surface area contributed by atoms with Gasteiger partial charge in [0.1, 0.15) is 6.54 Å². The Bertz CT molecular complexity index is 792. The van der Waals surface area contributed by atoms with Gasteiger partial charge in [-0.3, -0.25) is 9.79 Å². The van der Waals surface area contributed by atoms with E-state index in [1.807, 2.05) is 0 Å². The van der Waals surface area contributed by atoms with Crippen LogP contribution in [0.4, 0.5) is 5.69 Å². The van der Waals surface area contributed by atoms with Crippen LogP contribution in [0.2, 0.25) is 0 Å². The molecule has 8 nitrogen and oxygen atoms in total. The number of nitrogen functional groups attached to an aromatic ring is 1. The second-order valence-electron chi connectivity index (χ2n) is 6.00. The van der Waals surface area contributed by atoms with E-state index in [1.54, 1.807) is 19.1 Å². The summed E-state index contributed by atoms with van der Waals surface area (Å²) >= 11 is 0. The first-order chi connectivity index (χ1) is 12.4. The minimum atomic E-state index is -3.77. The number of sulfonamides is 1. The van der Waals surface area contributed by atoms with Gasteiger partial charge in [0, 0.05) is 29.6 Å². The molecule has 0 spiro atoms. The van der Waals surface area contributed by atoms with Crippen LogP contribution in [0.1, 0.15) is 26.2 Å². The standard InChI is InChI=1S/C17H24N4O4S/c1-2-25-17(22)11-20-15-7-4-8-16(14(15)10-18)21-26(23,24)13-6-3-5-12(19)9-13/h3,5-6,9-10,14,16,18,21H,2,4,7-8,11,19H2,1H3. The molecule has 142 valence electrons. The molecule has 1 aromatic carbocycles. The zero-order chi connectivity index (χ0) is 19.2. The van der Waals surface area contributed by atoms with E-state index in [1.165, 1.54) is 18.3 Å². The van der Waals surface area contributed by atoms with Crippen LogP contribution in [0.15, 0.2) is 34.2 Å². The molecule has 0 amide bonds. The van der Waals surface area contributed by atoms with E-state index >= 15 is 0 Å². The summed E-state index contributed by atoms with van der Waals surface area (Å²) in [5.41, 5.74) is 6.66. The molecule has 1 fully saturated rings. The number of hydrogen-bond acceptors (Lipinski definition) is 7. The molecule has 4 N–H and O–H groups in total. The largest absolute Gasteiger partial charge is 0.465 e. The van der Waals surface area contributed by atoms with E-state index < -0.39 is 28.0 Å². The third-order valence-corrected chi connectivity index (χ3v) is 5.62. The monoisotopic (exact) mass is 380 g/mol. The minimum Gasteiger partial charge on any atom is -0.465 e. The maximum Gasteiger partial charge on any atom is 0.327 e. The average Bonchev–Trinajstić information content (AvgIpc) is 2.60. The molecular formula is C17H24N4O4S. The zero-order valence-corrected chi connectivity index (χ0v) is 15.5. The first kappa shape index (κ1) is 20.1. The highest BCUT2D eigenvalue weighted by molar-refractivity contribution is 7.89. The summed E-state index contributed by atoms with van der Waals surface area (Å²) in [4.78, 5) is 15.8. The smallest absolute Gasteiger partial charge is 0.327 e. The summed E-state index contributed by atoms with van der Waals surface area (Å²) in [6.45, 7) is 1.87. The Kier molecular flexibility index (Phi) is 6.87. The molecule has 2 unspecified atom stereocenters. The van der Waals surface area contributed by atoms with Crippen LogP contribution in [-0.2, 0) is 19.6 Å². The number of esters is 1. The van der Waals surface area contributed by atoms with Crippen LogP contribution in [0.3, 0.4) is 0 Å². The summed E-state index contributed by atoms with van der Waals surface area (Å²) in [6, 6.07) is 5.55. The van der Waals surface area contributed by atoms with Crippen molar-refractivity contribution in [2.45, 2.75) is 37.1 Å². The van der Waals surface area contributed by atoms with E-state index in [9.17, 15) is 13.2 Å². The topological polar surface area (TPSA) is 135 Å². The number of hydrogen-bond donors (Lipinski definition) is 3. The number of anilines is 1. The maximum absolute atomic E-state index is 12.6. The van der Waals surface area contributed by atoms with Crippen molar-refractivity contribution in [1.82, 2.24) is 4.72 Å². The van der Waals surface area contributed by atoms with Gasteiger partial charge in [0.05, 0.1) is 11.5 Å². The normalized spacial score (nSPS) is 22.1. The zero-order valence-electron chi connectivity index (χ0n) is 14.6. The summed E-state index contributed by atoms with van der Waals surface area (Å²) in [5, 5.41) is 7.69. The number of carbonyl (C=O) groups is 1. The number of carbonyl (C=O) groups excluding carboxylic acids is 1. The molecule has 0 bridgehead atoms. The van der Waals surface area contributed by atoms with Gasteiger partial charge >= 0.3 is 5.97 Å². The molecule has 0 saturated heterocycles. The molecular weight excluding hydrogens is 356 g/mol. The molecule has 1 aromatic rings. The average molecular weight is 380 g/mol. The van der Waals surface area contributed by atoms with E-state index in [0.717, 1.165) is 6.42 Å². The van der Waals surface area contributed by atoms with Crippen molar-refractivity contribution >= 4 is 33.6 Å². The third kappa shape index (κ3) is 5.12. The molecule has 0 aliphatic heterocycles. The van der Waals surface area contributed by atoms with Crippen LogP contribution < -0.4 is 10.5 Å². The Morgan fingerprint density at radius 2 is 2.27 bits per heavy atom. The summed E-state index contributed by atoms with van der Waals surface area (Å²) in [7, 11) is -3.77. The number of nitrogens with zero attached hydrogens (tertiary/aromatic N) is 1. The molecule has 1 saturated carbocycles. The van der Waals surface area contributed by atoms with Gasteiger partial charge in [-0.05, 0) is 44.4 Å². The molecule has 0 heterocycles. The van der Waals surface area contributed by atoms with E-state index in [0.29, 0.717) is 24.2 Å². The minimum absolute atomic E-state index is 0.0804. The molecule has 0 radical (unpaired) electrons. The van der Waals surface area contributed by atoms with Crippen molar-refractivity contribution < 1.29 is 17.9 Å². The Balaban J connectivity index is 2.16. The van der Waals surface area contributed by atoms with Crippen LogP contribution in [0.5, 0.6) is 0 Å². The lowest BCUT2D eigenvalue weighted by atomic mass is 9.84. The van der Waals surface area contributed by atoms with E-state index in [-0.39, 0.29) is 18.0 Å². The maximum atomic E-state index is 12.6. The number of rotatable bonds is 7. The van der Waals surface area contributed by atoms with E-state index in [4.69, 9.17) is 15.9 Å². The first-order valence-electron chi connectivity index (χ1n) is 8.44. The fourth-order valence-corrected chi connectivity index (χ4v) is 4.28. The van der Waals surface area contributed by atoms with Crippen LogP contribution in [0.25, 0.3) is 0 Å². The lowest BCUT2D eigenvalue weighted by Gasteiger charge is -2.30. The second kappa shape index (κ2) is 8.91. The number of benzene rings is 1. The predicted octanol–water partition coefficient (Wildman–Crippen LogP) is 1.37. The predicted molar refractivity (Wildman–Crippen MR) is 100 cm³/mol. The van der Waals surface area contributed by atoms with Gasteiger partial charge in [-0.1, -0.05) is 6.07 Å². The molecule has 9 heteroatoms. The molecule has 2 rings (SSSR count). The van der Waals surface area contributed by atoms with Gasteiger partial charge in [0.25, 0.3) is 0 Å². The van der Waals surface area contributed by atoms with Gasteiger partial charge < -0.3 is 15.9 Å². The van der Waals surface area contributed by atoms with Crippen LogP contribution in [0, 0.1) is 11.3 Å². The van der Waals surface area contributed by atoms with Crippen molar-refractivity contribution in [3.8, 4) is 0 Å². The second-order valence-corrected chi connectivity index (χ2v) is 7.71. The summed E-state index contributed by atoms with van der Waals surface area (Å²) in [6.07, 6.45) is 3.10. The number of nitrogens with one attached hydrogen (secondary N) is 2. The molecule has 26 heavy (non-hydrogen) atoms. The van der Waals surface area contributed by atoms with Crippen molar-refractivity contribution in [3.63, 3.8) is 0 Å². The van der Waals surface area contributed by atoms with Crippen LogP contribution >= 0.6 is 0 Å². The highest BCUT2D eigenvalue weighted by atomic mass is 32.2. The van der Waals surface area contributed by atoms with E-state index in [2.05, 4.69) is 9.71 Å². The van der Waals surface area contributed by atoms with Gasteiger partial charge in [-0.15, -0.1) is 0 Å².